The molecular weight excluding hydrogens is 246 g/mol. The maximum Gasteiger partial charge on any atom is 0.123 e. The van der Waals surface area contributed by atoms with Gasteiger partial charge in [0.25, 0.3) is 0 Å². The van der Waals surface area contributed by atoms with Crippen molar-refractivity contribution in [3.8, 4) is 5.75 Å². The highest BCUT2D eigenvalue weighted by Crippen LogP contribution is 2.43. The molecule has 3 rings (SSSR count). The van der Waals surface area contributed by atoms with Gasteiger partial charge >= 0.3 is 0 Å². The van der Waals surface area contributed by atoms with Crippen LogP contribution in [-0.2, 0) is 6.42 Å². The molecule has 110 valence electrons. The summed E-state index contributed by atoms with van der Waals surface area (Å²) in [6, 6.07) is 7.38. The van der Waals surface area contributed by atoms with Crippen molar-refractivity contribution in [2.75, 3.05) is 13.6 Å². The molecule has 2 aliphatic rings. The predicted molar refractivity (Wildman–Crippen MR) is 83.5 cm³/mol. The zero-order chi connectivity index (χ0) is 14.1. The fraction of sp³-hybridized carbons (Fsp3) is 0.667. The Labute approximate surface area is 123 Å². The van der Waals surface area contributed by atoms with E-state index in [0.717, 1.165) is 11.8 Å². The Kier molecular flexibility index (Phi) is 4.02. The average molecular weight is 273 g/mol. The summed E-state index contributed by atoms with van der Waals surface area (Å²) in [5, 5.41) is 0. The molecule has 0 aromatic heterocycles. The third-order valence-corrected chi connectivity index (χ3v) is 4.92. The van der Waals surface area contributed by atoms with E-state index in [1.54, 1.807) is 0 Å². The van der Waals surface area contributed by atoms with Crippen molar-refractivity contribution in [3.05, 3.63) is 29.3 Å². The van der Waals surface area contributed by atoms with Crippen molar-refractivity contribution in [2.45, 2.75) is 64.0 Å². The van der Waals surface area contributed by atoms with E-state index in [1.165, 1.54) is 49.8 Å². The summed E-state index contributed by atoms with van der Waals surface area (Å²) in [5.74, 6) is 1.84. The lowest BCUT2D eigenvalue weighted by Crippen LogP contribution is -2.26. The molecule has 0 unspecified atom stereocenters. The Morgan fingerprint density at radius 1 is 1.30 bits per heavy atom. The number of nitrogens with zero attached hydrogens (tertiary/aromatic N) is 1. The monoisotopic (exact) mass is 273 g/mol. The van der Waals surface area contributed by atoms with Crippen molar-refractivity contribution in [3.63, 3.8) is 0 Å². The van der Waals surface area contributed by atoms with Crippen LogP contribution in [0.1, 0.15) is 56.6 Å². The highest BCUT2D eigenvalue weighted by Gasteiger charge is 2.31. The van der Waals surface area contributed by atoms with Crippen LogP contribution in [0.5, 0.6) is 5.75 Å². The van der Waals surface area contributed by atoms with Crippen LogP contribution in [0.25, 0.3) is 0 Å². The molecule has 2 atom stereocenters. The van der Waals surface area contributed by atoms with E-state index in [1.807, 2.05) is 0 Å². The zero-order valence-electron chi connectivity index (χ0n) is 13.1. The topological polar surface area (TPSA) is 12.5 Å². The van der Waals surface area contributed by atoms with Gasteiger partial charge in [0.15, 0.2) is 0 Å². The highest BCUT2D eigenvalue weighted by molar-refractivity contribution is 5.46. The first kappa shape index (κ1) is 13.9. The van der Waals surface area contributed by atoms with Gasteiger partial charge in [-0.2, -0.15) is 0 Å². The fourth-order valence-corrected chi connectivity index (χ4v) is 3.94. The predicted octanol–water partition coefficient (Wildman–Crippen LogP) is 3.99. The second-order valence-corrected chi connectivity index (χ2v) is 6.74. The molecule has 1 heterocycles. The van der Waals surface area contributed by atoms with Crippen LogP contribution in [0.15, 0.2) is 18.2 Å². The molecule has 0 saturated carbocycles. The molecule has 0 amide bonds. The minimum absolute atomic E-state index is 0.261. The molecule has 2 nitrogen and oxygen atoms in total. The lowest BCUT2D eigenvalue weighted by molar-refractivity contribution is 0.236. The van der Waals surface area contributed by atoms with Crippen LogP contribution in [0.3, 0.4) is 0 Å². The maximum absolute atomic E-state index is 6.07. The van der Waals surface area contributed by atoms with Crippen LogP contribution in [0.2, 0.25) is 0 Å². The lowest BCUT2D eigenvalue weighted by Gasteiger charge is -2.25. The first-order chi connectivity index (χ1) is 9.65. The third kappa shape index (κ3) is 2.71. The molecule has 1 aliphatic carbocycles. The van der Waals surface area contributed by atoms with E-state index in [2.05, 4.69) is 44.0 Å². The van der Waals surface area contributed by atoms with Gasteiger partial charge in [0.1, 0.15) is 5.75 Å². The van der Waals surface area contributed by atoms with Gasteiger partial charge in [-0.1, -0.05) is 12.1 Å². The Hall–Kier alpha value is -1.02. The summed E-state index contributed by atoms with van der Waals surface area (Å²) in [7, 11) is 2.28. The number of benzene rings is 1. The summed E-state index contributed by atoms with van der Waals surface area (Å²) >= 11 is 0. The lowest BCUT2D eigenvalue weighted by atomic mass is 9.92. The van der Waals surface area contributed by atoms with E-state index >= 15 is 0 Å². The molecular formula is C18H27NO. The van der Waals surface area contributed by atoms with Gasteiger partial charge in [0.2, 0.25) is 0 Å². The molecule has 0 N–H and O–H groups in total. The average Bonchev–Trinajstić information content (AvgIpc) is 2.98. The Bertz CT molecular complexity index is 468. The van der Waals surface area contributed by atoms with E-state index in [0.29, 0.717) is 5.92 Å². The molecule has 0 radical (unpaired) electrons. The quantitative estimate of drug-likeness (QED) is 0.822. The summed E-state index contributed by atoms with van der Waals surface area (Å²) in [6.07, 6.45) is 6.84. The molecule has 1 aromatic carbocycles. The molecule has 1 saturated heterocycles. The second kappa shape index (κ2) is 5.77. The summed E-state index contributed by atoms with van der Waals surface area (Å²) in [4.78, 5) is 2.55. The minimum atomic E-state index is 0.261. The van der Waals surface area contributed by atoms with Crippen molar-refractivity contribution in [2.24, 2.45) is 0 Å². The molecule has 1 aliphatic heterocycles. The number of aryl methyl sites for hydroxylation is 1. The minimum Gasteiger partial charge on any atom is -0.491 e. The van der Waals surface area contributed by atoms with Gasteiger partial charge in [-0.15, -0.1) is 0 Å². The van der Waals surface area contributed by atoms with Gasteiger partial charge in [-0.25, -0.2) is 0 Å². The van der Waals surface area contributed by atoms with Crippen molar-refractivity contribution in [1.82, 2.24) is 4.90 Å². The molecule has 20 heavy (non-hydrogen) atoms. The number of hydrogen-bond acceptors (Lipinski definition) is 2. The largest absolute Gasteiger partial charge is 0.491 e. The van der Waals surface area contributed by atoms with Crippen LogP contribution < -0.4 is 4.74 Å². The number of rotatable bonds is 4. The first-order valence-electron chi connectivity index (χ1n) is 8.14. The number of likely N-dealkylation sites (tertiary alicyclic amines) is 1. The number of ether oxygens (including phenoxy) is 1. The van der Waals surface area contributed by atoms with Gasteiger partial charge in [-0.3, -0.25) is 0 Å². The smallest absolute Gasteiger partial charge is 0.123 e. The van der Waals surface area contributed by atoms with Crippen molar-refractivity contribution >= 4 is 0 Å². The number of hydrogen-bond donors (Lipinski definition) is 0. The summed E-state index contributed by atoms with van der Waals surface area (Å²) in [5.41, 5.74) is 3.04. The van der Waals surface area contributed by atoms with E-state index < -0.39 is 0 Å². The zero-order valence-corrected chi connectivity index (χ0v) is 13.1. The second-order valence-electron chi connectivity index (χ2n) is 6.74. The van der Waals surface area contributed by atoms with Gasteiger partial charge in [-0.05, 0) is 77.1 Å². The normalized spacial score (nSPS) is 26.2. The molecule has 2 heteroatoms. The van der Waals surface area contributed by atoms with Crippen LogP contribution in [0.4, 0.5) is 0 Å². The standard InChI is InChI=1S/C18H27NO/c1-13(2)20-17-8-4-6-14-9-10-15(18(14)17)12-16-7-5-11-19(16)3/h4,6,8,13,15-16H,5,7,9-12H2,1-3H3/t15-,16-/m1/s1. The van der Waals surface area contributed by atoms with E-state index in [9.17, 15) is 0 Å². The van der Waals surface area contributed by atoms with Gasteiger partial charge in [0, 0.05) is 11.6 Å². The van der Waals surface area contributed by atoms with Gasteiger partial charge in [0.05, 0.1) is 6.10 Å². The Morgan fingerprint density at radius 2 is 2.15 bits per heavy atom. The van der Waals surface area contributed by atoms with E-state index in [4.69, 9.17) is 4.74 Å². The molecule has 1 aromatic rings. The SMILES string of the molecule is CC(C)Oc1cccc2c1[C@@H](C[C@H]1CCCN1C)CC2. The van der Waals surface area contributed by atoms with Crippen molar-refractivity contribution < 1.29 is 4.74 Å². The van der Waals surface area contributed by atoms with Crippen LogP contribution in [-0.4, -0.2) is 30.6 Å². The van der Waals surface area contributed by atoms with Crippen LogP contribution in [0, 0.1) is 0 Å². The summed E-state index contributed by atoms with van der Waals surface area (Å²) in [6.45, 7) is 5.51. The maximum atomic E-state index is 6.07. The molecule has 0 bridgehead atoms. The first-order valence-corrected chi connectivity index (χ1v) is 8.14. The Balaban J connectivity index is 1.80. The Morgan fingerprint density at radius 3 is 2.85 bits per heavy atom. The van der Waals surface area contributed by atoms with Crippen molar-refractivity contribution in [1.29, 1.82) is 0 Å². The van der Waals surface area contributed by atoms with Gasteiger partial charge < -0.3 is 9.64 Å². The third-order valence-electron chi connectivity index (χ3n) is 4.92. The van der Waals surface area contributed by atoms with E-state index in [-0.39, 0.29) is 6.10 Å². The molecule has 0 spiro atoms. The van der Waals surface area contributed by atoms with Crippen LogP contribution >= 0.6 is 0 Å². The molecule has 1 fully saturated rings. The fourth-order valence-electron chi connectivity index (χ4n) is 3.94. The summed E-state index contributed by atoms with van der Waals surface area (Å²) < 4.78 is 6.07. The number of fused-ring (bicyclic) bond motifs is 1. The highest BCUT2D eigenvalue weighted by atomic mass is 16.5.